The van der Waals surface area contributed by atoms with Crippen LogP contribution in [0.4, 0.5) is 0 Å². The van der Waals surface area contributed by atoms with E-state index in [-0.39, 0.29) is 0 Å². The van der Waals surface area contributed by atoms with Gasteiger partial charge in [0, 0.05) is 24.2 Å². The fourth-order valence-corrected chi connectivity index (χ4v) is 1.33. The first-order valence-corrected chi connectivity index (χ1v) is 3.86. The highest BCUT2D eigenvalue weighted by Crippen LogP contribution is 2.27. The van der Waals surface area contributed by atoms with Crippen LogP contribution in [0.15, 0.2) is 28.7 Å². The third kappa shape index (κ3) is 1.01. The van der Waals surface area contributed by atoms with E-state index in [0.717, 1.165) is 11.4 Å². The molecule has 2 aliphatic heterocycles. The second-order valence-corrected chi connectivity index (χ2v) is 2.95. The van der Waals surface area contributed by atoms with Gasteiger partial charge in [0.05, 0.1) is 5.70 Å². The molecule has 2 rings (SSSR count). The van der Waals surface area contributed by atoms with Crippen molar-refractivity contribution in [3.05, 3.63) is 23.7 Å². The van der Waals surface area contributed by atoms with Crippen LogP contribution in [0.25, 0.3) is 0 Å². The summed E-state index contributed by atoms with van der Waals surface area (Å²) in [4.78, 5) is 4.04. The fraction of sp³-hybridized carbons (Fsp3) is 0.167. The zero-order valence-corrected chi connectivity index (χ0v) is 6.97. The molecule has 58 valence electrons. The van der Waals surface area contributed by atoms with Crippen molar-refractivity contribution in [2.45, 2.75) is 5.62 Å². The summed E-state index contributed by atoms with van der Waals surface area (Å²) in [5.74, 6) is 0. The van der Waals surface area contributed by atoms with E-state index in [4.69, 9.17) is 23.4 Å². The van der Waals surface area contributed by atoms with E-state index < -0.39 is 5.62 Å². The molecule has 5 heteroatoms. The Balaban J connectivity index is 2.36. The van der Waals surface area contributed by atoms with E-state index in [1.807, 2.05) is 6.08 Å². The monoisotopic (exact) mass is 189 g/mol. The van der Waals surface area contributed by atoms with Crippen LogP contribution < -0.4 is 5.32 Å². The van der Waals surface area contributed by atoms with Gasteiger partial charge in [-0.1, -0.05) is 11.6 Å². The molecule has 0 saturated carbocycles. The van der Waals surface area contributed by atoms with Crippen molar-refractivity contribution in [2.75, 3.05) is 0 Å². The summed E-state index contributed by atoms with van der Waals surface area (Å²) < 4.78 is 1.41. The number of hydrogen-bond acceptors (Lipinski definition) is 3. The highest BCUT2D eigenvalue weighted by molar-refractivity contribution is 6.25. The number of rotatable bonds is 0. The first-order valence-electron chi connectivity index (χ1n) is 3.09. The number of alkyl halides is 1. The Morgan fingerprint density at radius 3 is 3.27 bits per heavy atom. The van der Waals surface area contributed by atoms with Gasteiger partial charge in [-0.05, 0) is 6.08 Å². The van der Waals surface area contributed by atoms with E-state index in [2.05, 4.69) is 10.3 Å². The standard InChI is InChI=1S/C6H5Cl2N3/c7-6-10-3-4-5(11(6)8)1-2-9-4/h1-3,6,10H. The second kappa shape index (κ2) is 2.43. The van der Waals surface area contributed by atoms with Crippen LogP contribution >= 0.6 is 23.4 Å². The molecule has 0 aliphatic carbocycles. The van der Waals surface area contributed by atoms with Crippen molar-refractivity contribution in [3.8, 4) is 0 Å². The fourth-order valence-electron chi connectivity index (χ4n) is 0.967. The molecule has 0 fully saturated rings. The molecule has 1 unspecified atom stereocenters. The molecule has 0 amide bonds. The summed E-state index contributed by atoms with van der Waals surface area (Å²) in [5.41, 5.74) is 1.26. The molecule has 0 aromatic heterocycles. The lowest BCUT2D eigenvalue weighted by Gasteiger charge is -2.27. The maximum absolute atomic E-state index is 5.82. The van der Waals surface area contributed by atoms with Gasteiger partial charge in [0.15, 0.2) is 5.62 Å². The maximum atomic E-state index is 5.82. The van der Waals surface area contributed by atoms with Gasteiger partial charge >= 0.3 is 0 Å². The Hall–Kier alpha value is -0.670. The van der Waals surface area contributed by atoms with Crippen molar-refractivity contribution in [1.29, 1.82) is 0 Å². The Kier molecular flexibility index (Phi) is 1.55. The Bertz CT molecular complexity index is 269. The lowest BCUT2D eigenvalue weighted by atomic mass is 10.3. The Morgan fingerprint density at radius 1 is 1.64 bits per heavy atom. The van der Waals surface area contributed by atoms with Crippen molar-refractivity contribution >= 4 is 29.6 Å². The van der Waals surface area contributed by atoms with Gasteiger partial charge in [0.2, 0.25) is 0 Å². The maximum Gasteiger partial charge on any atom is 0.191 e. The van der Waals surface area contributed by atoms with Gasteiger partial charge in [-0.15, -0.1) is 0 Å². The van der Waals surface area contributed by atoms with Crippen LogP contribution in [0.5, 0.6) is 0 Å². The Labute approximate surface area is 74.1 Å². The average Bonchev–Trinajstić information content (AvgIpc) is 2.45. The molecule has 2 heterocycles. The van der Waals surface area contributed by atoms with E-state index in [1.165, 1.54) is 4.42 Å². The number of allylic oxidation sites excluding steroid dienone is 1. The quantitative estimate of drug-likeness (QED) is 0.355. The molecule has 3 nitrogen and oxygen atoms in total. The lowest BCUT2D eigenvalue weighted by Crippen LogP contribution is -2.36. The summed E-state index contributed by atoms with van der Waals surface area (Å²) >= 11 is 11.6. The van der Waals surface area contributed by atoms with E-state index in [0.29, 0.717) is 0 Å². The van der Waals surface area contributed by atoms with Crippen molar-refractivity contribution in [2.24, 2.45) is 4.99 Å². The normalized spacial score (nSPS) is 27.5. The minimum absolute atomic E-state index is 0.395. The van der Waals surface area contributed by atoms with Crippen LogP contribution in [-0.2, 0) is 0 Å². The predicted molar refractivity (Wildman–Crippen MR) is 45.1 cm³/mol. The first kappa shape index (κ1) is 7.00. The van der Waals surface area contributed by atoms with Gasteiger partial charge in [-0.2, -0.15) is 0 Å². The number of hydrogen-bond donors (Lipinski definition) is 1. The van der Waals surface area contributed by atoms with E-state index in [9.17, 15) is 0 Å². The molecule has 0 bridgehead atoms. The smallest absolute Gasteiger partial charge is 0.191 e. The zero-order chi connectivity index (χ0) is 7.84. The number of aliphatic imine (C=N–C) groups is 1. The molecular weight excluding hydrogens is 185 g/mol. The van der Waals surface area contributed by atoms with Crippen LogP contribution in [-0.4, -0.2) is 16.3 Å². The van der Waals surface area contributed by atoms with Crippen LogP contribution in [0, 0.1) is 0 Å². The highest BCUT2D eigenvalue weighted by atomic mass is 35.5. The summed E-state index contributed by atoms with van der Waals surface area (Å²) in [7, 11) is 0. The third-order valence-corrected chi connectivity index (χ3v) is 2.29. The Morgan fingerprint density at radius 2 is 2.45 bits per heavy atom. The number of fused-ring (bicyclic) bond motifs is 1. The molecule has 2 aliphatic rings. The van der Waals surface area contributed by atoms with Gasteiger partial charge in [-0.3, -0.25) is 4.99 Å². The second-order valence-electron chi connectivity index (χ2n) is 2.17. The molecule has 1 atom stereocenters. The largest absolute Gasteiger partial charge is 0.356 e. The molecule has 11 heavy (non-hydrogen) atoms. The van der Waals surface area contributed by atoms with Crippen LogP contribution in [0.1, 0.15) is 0 Å². The van der Waals surface area contributed by atoms with Gasteiger partial charge < -0.3 is 5.32 Å². The predicted octanol–water partition coefficient (Wildman–Crippen LogP) is 1.38. The van der Waals surface area contributed by atoms with Crippen molar-refractivity contribution in [1.82, 2.24) is 9.74 Å². The van der Waals surface area contributed by atoms with Crippen LogP contribution in [0.3, 0.4) is 0 Å². The highest BCUT2D eigenvalue weighted by Gasteiger charge is 2.24. The summed E-state index contributed by atoms with van der Waals surface area (Å²) in [6.45, 7) is 0. The van der Waals surface area contributed by atoms with E-state index >= 15 is 0 Å². The lowest BCUT2D eigenvalue weighted by molar-refractivity contribution is 0.462. The summed E-state index contributed by atoms with van der Waals surface area (Å²) in [6, 6.07) is 0. The van der Waals surface area contributed by atoms with Crippen LogP contribution in [0.2, 0.25) is 0 Å². The third-order valence-electron chi connectivity index (χ3n) is 1.50. The zero-order valence-electron chi connectivity index (χ0n) is 5.46. The summed E-state index contributed by atoms with van der Waals surface area (Å²) in [6.07, 6.45) is 5.24. The molecule has 0 aromatic carbocycles. The first-order chi connectivity index (χ1) is 5.29. The van der Waals surface area contributed by atoms with Gasteiger partial charge in [0.25, 0.3) is 0 Å². The number of nitrogens with one attached hydrogen (secondary N) is 1. The molecule has 0 spiro atoms. The molecule has 0 saturated heterocycles. The van der Waals surface area contributed by atoms with Crippen molar-refractivity contribution in [3.63, 3.8) is 0 Å². The van der Waals surface area contributed by atoms with Crippen molar-refractivity contribution < 1.29 is 0 Å². The molecule has 1 N–H and O–H groups in total. The summed E-state index contributed by atoms with van der Waals surface area (Å²) in [5, 5.41) is 2.85. The van der Waals surface area contributed by atoms with Gasteiger partial charge in [-0.25, -0.2) is 4.42 Å². The molecular formula is C6H5Cl2N3. The minimum atomic E-state index is -0.395. The number of halogens is 2. The molecule has 0 aromatic rings. The average molecular weight is 190 g/mol. The molecule has 0 radical (unpaired) electrons. The van der Waals surface area contributed by atoms with Gasteiger partial charge in [0.1, 0.15) is 5.70 Å². The minimum Gasteiger partial charge on any atom is -0.356 e. The topological polar surface area (TPSA) is 27.6 Å². The van der Waals surface area contributed by atoms with E-state index in [1.54, 1.807) is 12.4 Å². The SMILES string of the molecule is ClC1NC=C2N=CC=C2N1Cl. The number of nitrogens with zero attached hydrogens (tertiary/aromatic N) is 2.